The summed E-state index contributed by atoms with van der Waals surface area (Å²) in [7, 11) is 2.19. The van der Waals surface area contributed by atoms with Crippen LogP contribution in [0.25, 0.3) is 0 Å². The van der Waals surface area contributed by atoms with Crippen molar-refractivity contribution in [3.05, 3.63) is 0 Å². The van der Waals surface area contributed by atoms with Gasteiger partial charge in [-0.05, 0) is 19.4 Å². The summed E-state index contributed by atoms with van der Waals surface area (Å²) in [5.41, 5.74) is 5.93. The van der Waals surface area contributed by atoms with E-state index < -0.39 is 0 Å². The lowest BCUT2D eigenvalue weighted by Gasteiger charge is -2.39. The van der Waals surface area contributed by atoms with E-state index in [0.717, 1.165) is 45.7 Å². The molecule has 0 aromatic rings. The number of nitrogens with one attached hydrogen (secondary N) is 1. The van der Waals surface area contributed by atoms with Gasteiger partial charge < -0.3 is 16.0 Å². The minimum atomic E-state index is 0.496. The van der Waals surface area contributed by atoms with Gasteiger partial charge in [-0.25, -0.2) is 0 Å². The number of hydrogen-bond donors (Lipinski definition) is 2. The molecule has 3 N–H and O–H groups in total. The molecule has 0 amide bonds. The first-order valence-electron chi connectivity index (χ1n) is 8.01. The maximum absolute atomic E-state index is 5.93. The Morgan fingerprint density at radius 2 is 1.90 bits per heavy atom. The van der Waals surface area contributed by atoms with E-state index >= 15 is 0 Å². The van der Waals surface area contributed by atoms with Crippen LogP contribution in [0.4, 0.5) is 0 Å². The molecular weight excluding hydrogens is 250 g/mol. The number of rotatable bonds is 7. The summed E-state index contributed by atoms with van der Waals surface area (Å²) >= 11 is 0. The molecule has 0 aromatic carbocycles. The van der Waals surface area contributed by atoms with Crippen molar-refractivity contribution in [3.63, 3.8) is 0 Å². The molecule has 5 nitrogen and oxygen atoms in total. The van der Waals surface area contributed by atoms with Crippen LogP contribution in [-0.4, -0.2) is 68.1 Å². The molecular formula is C15H33N5. The average Bonchev–Trinajstić information content (AvgIpc) is 2.41. The Labute approximate surface area is 124 Å². The second kappa shape index (κ2) is 9.19. The lowest BCUT2D eigenvalue weighted by molar-refractivity contribution is 0.0925. The molecule has 0 aromatic heterocycles. The van der Waals surface area contributed by atoms with Gasteiger partial charge in [0.05, 0.1) is 6.54 Å². The Morgan fingerprint density at radius 3 is 2.45 bits per heavy atom. The van der Waals surface area contributed by atoms with E-state index in [4.69, 9.17) is 5.73 Å². The molecule has 1 atom stereocenters. The van der Waals surface area contributed by atoms with E-state index in [2.05, 4.69) is 47.9 Å². The molecule has 5 heteroatoms. The zero-order valence-corrected chi connectivity index (χ0v) is 13.7. The number of likely N-dealkylation sites (N-methyl/N-ethyl adjacent to an activating group) is 1. The Morgan fingerprint density at radius 1 is 1.25 bits per heavy atom. The van der Waals surface area contributed by atoms with Crippen molar-refractivity contribution in [2.45, 2.75) is 39.7 Å². The van der Waals surface area contributed by atoms with Crippen LogP contribution in [0, 0.1) is 5.92 Å². The van der Waals surface area contributed by atoms with Gasteiger partial charge in [0.1, 0.15) is 0 Å². The lowest BCUT2D eigenvalue weighted by Crippen LogP contribution is -2.52. The van der Waals surface area contributed by atoms with Gasteiger partial charge >= 0.3 is 0 Å². The van der Waals surface area contributed by atoms with Gasteiger partial charge in [0.2, 0.25) is 0 Å². The van der Waals surface area contributed by atoms with Crippen LogP contribution in [-0.2, 0) is 0 Å². The summed E-state index contributed by atoms with van der Waals surface area (Å²) in [4.78, 5) is 9.49. The third kappa shape index (κ3) is 6.09. The summed E-state index contributed by atoms with van der Waals surface area (Å²) in [6.07, 6.45) is 2.32. The van der Waals surface area contributed by atoms with E-state index in [1.165, 1.54) is 6.42 Å². The molecule has 20 heavy (non-hydrogen) atoms. The van der Waals surface area contributed by atoms with Gasteiger partial charge in [0, 0.05) is 38.8 Å². The zero-order chi connectivity index (χ0) is 15.0. The van der Waals surface area contributed by atoms with E-state index in [1.54, 1.807) is 0 Å². The predicted molar refractivity (Wildman–Crippen MR) is 87.1 cm³/mol. The molecule has 0 aliphatic carbocycles. The van der Waals surface area contributed by atoms with Crippen molar-refractivity contribution in [1.82, 2.24) is 15.1 Å². The van der Waals surface area contributed by atoms with Gasteiger partial charge in [0.15, 0.2) is 5.96 Å². The topological polar surface area (TPSA) is 56.9 Å². The Kier molecular flexibility index (Phi) is 7.92. The van der Waals surface area contributed by atoms with Crippen molar-refractivity contribution < 1.29 is 0 Å². The second-order valence-electron chi connectivity index (χ2n) is 6.16. The van der Waals surface area contributed by atoms with E-state index in [9.17, 15) is 0 Å². The van der Waals surface area contributed by atoms with Crippen molar-refractivity contribution in [2.24, 2.45) is 16.6 Å². The highest BCUT2D eigenvalue weighted by Crippen LogP contribution is 2.13. The SMILES string of the molecule is CCCCNC(N)=NCC(C(C)C)N1CCN(C)CC1. The lowest BCUT2D eigenvalue weighted by atomic mass is 10.0. The molecule has 1 aliphatic rings. The highest BCUT2D eigenvalue weighted by atomic mass is 15.3. The number of guanidine groups is 1. The third-order valence-corrected chi connectivity index (χ3v) is 4.06. The number of hydrogen-bond acceptors (Lipinski definition) is 3. The molecule has 1 fully saturated rings. The zero-order valence-electron chi connectivity index (χ0n) is 13.7. The normalized spacial score (nSPS) is 20.4. The molecule has 1 aliphatic heterocycles. The van der Waals surface area contributed by atoms with Crippen LogP contribution in [0.15, 0.2) is 4.99 Å². The first-order valence-corrected chi connectivity index (χ1v) is 8.01. The first-order chi connectivity index (χ1) is 9.54. The van der Waals surface area contributed by atoms with Crippen LogP contribution in [0.2, 0.25) is 0 Å². The summed E-state index contributed by atoms with van der Waals surface area (Å²) in [6, 6.07) is 0.496. The summed E-state index contributed by atoms with van der Waals surface area (Å²) in [6.45, 7) is 13.0. The number of piperazine rings is 1. The maximum Gasteiger partial charge on any atom is 0.188 e. The van der Waals surface area contributed by atoms with Crippen molar-refractivity contribution in [2.75, 3.05) is 46.3 Å². The first kappa shape index (κ1) is 17.2. The Hall–Kier alpha value is -0.810. The Bertz CT molecular complexity index is 282. The minimum absolute atomic E-state index is 0.496. The summed E-state index contributed by atoms with van der Waals surface area (Å²) in [5.74, 6) is 1.20. The third-order valence-electron chi connectivity index (χ3n) is 4.06. The average molecular weight is 283 g/mol. The molecule has 0 saturated carbocycles. The largest absolute Gasteiger partial charge is 0.370 e. The van der Waals surface area contributed by atoms with Crippen LogP contribution < -0.4 is 11.1 Å². The number of unbranched alkanes of at least 4 members (excludes halogenated alkanes) is 1. The molecule has 118 valence electrons. The van der Waals surface area contributed by atoms with Crippen molar-refractivity contribution in [1.29, 1.82) is 0 Å². The molecule has 0 spiro atoms. The van der Waals surface area contributed by atoms with Gasteiger partial charge in [-0.3, -0.25) is 9.89 Å². The van der Waals surface area contributed by atoms with Crippen LogP contribution in [0.1, 0.15) is 33.6 Å². The summed E-state index contributed by atoms with van der Waals surface area (Å²) in [5, 5.41) is 3.19. The number of nitrogens with two attached hydrogens (primary N) is 1. The Balaban J connectivity index is 2.44. The van der Waals surface area contributed by atoms with Gasteiger partial charge in [-0.15, -0.1) is 0 Å². The molecule has 1 saturated heterocycles. The second-order valence-corrected chi connectivity index (χ2v) is 6.16. The summed E-state index contributed by atoms with van der Waals surface area (Å²) < 4.78 is 0. The molecule has 1 unspecified atom stereocenters. The van der Waals surface area contributed by atoms with Crippen LogP contribution >= 0.6 is 0 Å². The van der Waals surface area contributed by atoms with E-state index in [1.807, 2.05) is 0 Å². The smallest absolute Gasteiger partial charge is 0.188 e. The highest BCUT2D eigenvalue weighted by molar-refractivity contribution is 5.77. The number of aliphatic imine (C=N–C) groups is 1. The molecule has 0 bridgehead atoms. The minimum Gasteiger partial charge on any atom is -0.370 e. The fourth-order valence-corrected chi connectivity index (χ4v) is 2.54. The van der Waals surface area contributed by atoms with Gasteiger partial charge in [-0.2, -0.15) is 0 Å². The van der Waals surface area contributed by atoms with E-state index in [-0.39, 0.29) is 0 Å². The van der Waals surface area contributed by atoms with Crippen LogP contribution in [0.5, 0.6) is 0 Å². The van der Waals surface area contributed by atoms with E-state index in [0.29, 0.717) is 17.9 Å². The van der Waals surface area contributed by atoms with Gasteiger partial charge in [0.25, 0.3) is 0 Å². The van der Waals surface area contributed by atoms with Gasteiger partial charge in [-0.1, -0.05) is 27.2 Å². The maximum atomic E-state index is 5.93. The quantitative estimate of drug-likeness (QED) is 0.415. The molecule has 1 rings (SSSR count). The fraction of sp³-hybridized carbons (Fsp3) is 0.933. The monoisotopic (exact) mass is 283 g/mol. The van der Waals surface area contributed by atoms with Crippen molar-refractivity contribution >= 4 is 5.96 Å². The number of nitrogens with zero attached hydrogens (tertiary/aromatic N) is 3. The fourth-order valence-electron chi connectivity index (χ4n) is 2.54. The van der Waals surface area contributed by atoms with Crippen LogP contribution in [0.3, 0.4) is 0 Å². The standard InChI is InChI=1S/C15H33N5/c1-5-6-7-17-15(16)18-12-14(13(2)3)20-10-8-19(4)9-11-20/h13-14H,5-12H2,1-4H3,(H3,16,17,18). The molecule has 1 heterocycles. The predicted octanol–water partition coefficient (Wildman–Crippen LogP) is 0.963. The highest BCUT2D eigenvalue weighted by Gasteiger charge is 2.24. The van der Waals surface area contributed by atoms with Crippen molar-refractivity contribution in [3.8, 4) is 0 Å². The molecule has 0 radical (unpaired) electrons.